The molecule has 0 rings (SSSR count). The molecule has 0 bridgehead atoms. The van der Waals surface area contributed by atoms with Crippen LogP contribution in [0.25, 0.3) is 0 Å². The molecule has 0 aromatic heterocycles. The number of hydrogen-bond acceptors (Lipinski definition) is 3. The van der Waals surface area contributed by atoms with Gasteiger partial charge >= 0.3 is 0 Å². The molecule has 0 aromatic carbocycles. The van der Waals surface area contributed by atoms with Gasteiger partial charge in [0.1, 0.15) is 5.25 Å². The van der Waals surface area contributed by atoms with Gasteiger partial charge in [-0.1, -0.05) is 39.4 Å². The Bertz CT molecular complexity index is 328. The second-order valence-corrected chi connectivity index (χ2v) is 6.78. The van der Waals surface area contributed by atoms with Gasteiger partial charge in [-0.3, -0.25) is 0 Å². The Morgan fingerprint density at radius 3 is 2.19 bits per heavy atom. The molecule has 0 amide bonds. The normalized spacial score (nSPS) is 16.1. The predicted molar refractivity (Wildman–Crippen MR) is 71.9 cm³/mol. The lowest BCUT2D eigenvalue weighted by atomic mass is 10.1. The Kier molecular flexibility index (Phi) is 6.43. The highest BCUT2D eigenvalue weighted by Crippen LogP contribution is 2.13. The summed E-state index contributed by atoms with van der Waals surface area (Å²) in [7, 11) is -3.39. The summed E-state index contributed by atoms with van der Waals surface area (Å²) in [5.41, 5.74) is 5.40. The van der Waals surface area contributed by atoms with E-state index < -0.39 is 15.3 Å². The molecule has 0 saturated carbocycles. The Labute approximate surface area is 104 Å². The van der Waals surface area contributed by atoms with E-state index in [1.54, 1.807) is 0 Å². The van der Waals surface area contributed by atoms with E-state index in [0.29, 0.717) is 19.0 Å². The minimum absolute atomic E-state index is 0.0302. The maximum absolute atomic E-state index is 12.1. The summed E-state index contributed by atoms with van der Waals surface area (Å²) < 4.78 is 25.7. The van der Waals surface area contributed by atoms with Gasteiger partial charge in [0, 0.05) is 13.1 Å². The van der Waals surface area contributed by atoms with Gasteiger partial charge in [0.15, 0.2) is 0 Å². The van der Waals surface area contributed by atoms with Crippen molar-refractivity contribution in [2.24, 2.45) is 11.7 Å². The molecule has 0 aliphatic heterocycles. The van der Waals surface area contributed by atoms with E-state index in [1.807, 2.05) is 20.8 Å². The highest BCUT2D eigenvalue weighted by Gasteiger charge is 2.30. The highest BCUT2D eigenvalue weighted by atomic mass is 32.2. The van der Waals surface area contributed by atoms with Crippen molar-refractivity contribution in [2.75, 3.05) is 13.1 Å². The third-order valence-electron chi connectivity index (χ3n) is 2.77. The van der Waals surface area contributed by atoms with Gasteiger partial charge in [0.05, 0.1) is 4.99 Å². The molecule has 2 atom stereocenters. The summed E-state index contributed by atoms with van der Waals surface area (Å²) in [5.74, 6) is 0.341. The van der Waals surface area contributed by atoms with Gasteiger partial charge in [-0.25, -0.2) is 12.7 Å². The molecule has 4 nitrogen and oxygen atoms in total. The van der Waals surface area contributed by atoms with Crippen molar-refractivity contribution in [2.45, 2.75) is 39.4 Å². The minimum Gasteiger partial charge on any atom is -0.392 e. The first-order valence-electron chi connectivity index (χ1n) is 5.55. The lowest BCUT2D eigenvalue weighted by Gasteiger charge is -2.26. The third-order valence-corrected chi connectivity index (χ3v) is 5.55. The molecule has 0 spiro atoms. The van der Waals surface area contributed by atoms with Crippen molar-refractivity contribution < 1.29 is 8.42 Å². The van der Waals surface area contributed by atoms with Gasteiger partial charge in [0.25, 0.3) is 0 Å². The molecule has 6 heteroatoms. The average molecular weight is 266 g/mol. The van der Waals surface area contributed by atoms with Crippen LogP contribution in [0.1, 0.15) is 34.1 Å². The summed E-state index contributed by atoms with van der Waals surface area (Å²) in [4.78, 5) is 0.0302. The van der Waals surface area contributed by atoms with Gasteiger partial charge in [-0.2, -0.15) is 0 Å². The minimum atomic E-state index is -3.39. The Hall–Kier alpha value is -0.200. The van der Waals surface area contributed by atoms with Gasteiger partial charge in [-0.15, -0.1) is 0 Å². The second-order valence-electron chi connectivity index (χ2n) is 4.05. The zero-order valence-electron chi connectivity index (χ0n) is 10.4. The summed E-state index contributed by atoms with van der Waals surface area (Å²) in [6.45, 7) is 8.43. The quantitative estimate of drug-likeness (QED) is 0.707. The first-order valence-corrected chi connectivity index (χ1v) is 7.46. The Balaban J connectivity index is 4.88. The van der Waals surface area contributed by atoms with Crippen molar-refractivity contribution in [3.8, 4) is 0 Å². The van der Waals surface area contributed by atoms with Crippen LogP contribution in [-0.4, -0.2) is 36.1 Å². The van der Waals surface area contributed by atoms with Crippen molar-refractivity contribution in [3.63, 3.8) is 0 Å². The fourth-order valence-electron chi connectivity index (χ4n) is 1.26. The number of hydrogen-bond donors (Lipinski definition) is 1. The lowest BCUT2D eigenvalue weighted by molar-refractivity contribution is 0.360. The maximum Gasteiger partial charge on any atom is 0.223 e. The molecular formula is C10H22N2O2S2. The van der Waals surface area contributed by atoms with Crippen LogP contribution in [-0.2, 0) is 10.0 Å². The summed E-state index contributed by atoms with van der Waals surface area (Å²) >= 11 is 4.75. The van der Waals surface area contributed by atoms with Crippen molar-refractivity contribution in [1.82, 2.24) is 4.31 Å². The molecule has 2 unspecified atom stereocenters. The van der Waals surface area contributed by atoms with Crippen LogP contribution in [0.4, 0.5) is 0 Å². The Morgan fingerprint density at radius 2 is 1.88 bits per heavy atom. The summed E-state index contributed by atoms with van der Waals surface area (Å²) in [6.07, 6.45) is 0.952. The van der Waals surface area contributed by atoms with Crippen LogP contribution in [0.3, 0.4) is 0 Å². The van der Waals surface area contributed by atoms with Crippen LogP contribution >= 0.6 is 12.2 Å². The number of thiocarbonyl (C=S) groups is 1. The molecule has 0 aromatic rings. The van der Waals surface area contributed by atoms with Crippen LogP contribution in [0.15, 0.2) is 0 Å². The van der Waals surface area contributed by atoms with Crippen molar-refractivity contribution in [3.05, 3.63) is 0 Å². The van der Waals surface area contributed by atoms with E-state index in [4.69, 9.17) is 18.0 Å². The number of nitrogens with zero attached hydrogens (tertiary/aromatic N) is 1. The molecule has 0 fully saturated rings. The zero-order valence-corrected chi connectivity index (χ0v) is 12.1. The van der Waals surface area contributed by atoms with Crippen LogP contribution in [0.5, 0.6) is 0 Å². The molecule has 96 valence electrons. The number of nitrogens with two attached hydrogens (primary N) is 1. The standard InChI is InChI=1S/C10H22N2O2S2/c1-5-8(3)7-12(6-2)16(13,14)9(4)10(11)15/h8-9H,5-7H2,1-4H3,(H2,11,15). The van der Waals surface area contributed by atoms with E-state index in [9.17, 15) is 8.42 Å². The monoisotopic (exact) mass is 266 g/mol. The molecule has 16 heavy (non-hydrogen) atoms. The van der Waals surface area contributed by atoms with Gasteiger partial charge < -0.3 is 5.73 Å². The van der Waals surface area contributed by atoms with E-state index in [2.05, 4.69) is 0 Å². The third kappa shape index (κ3) is 3.99. The largest absolute Gasteiger partial charge is 0.392 e. The summed E-state index contributed by atoms with van der Waals surface area (Å²) in [5, 5.41) is -0.786. The van der Waals surface area contributed by atoms with Gasteiger partial charge in [0.2, 0.25) is 10.0 Å². The molecule has 0 aliphatic rings. The van der Waals surface area contributed by atoms with Crippen LogP contribution in [0.2, 0.25) is 0 Å². The molecule has 0 radical (unpaired) electrons. The maximum atomic E-state index is 12.1. The van der Waals surface area contributed by atoms with Crippen molar-refractivity contribution >= 4 is 27.2 Å². The fourth-order valence-corrected chi connectivity index (χ4v) is 3.19. The number of rotatable bonds is 7. The van der Waals surface area contributed by atoms with Crippen LogP contribution < -0.4 is 5.73 Å². The van der Waals surface area contributed by atoms with E-state index in [1.165, 1.54) is 11.2 Å². The topological polar surface area (TPSA) is 63.4 Å². The number of sulfonamides is 1. The molecule has 0 saturated heterocycles. The van der Waals surface area contributed by atoms with Gasteiger partial charge in [-0.05, 0) is 12.8 Å². The highest BCUT2D eigenvalue weighted by molar-refractivity contribution is 7.92. The second kappa shape index (κ2) is 6.51. The van der Waals surface area contributed by atoms with E-state index in [-0.39, 0.29) is 4.99 Å². The fraction of sp³-hybridized carbons (Fsp3) is 0.900. The lowest BCUT2D eigenvalue weighted by Crippen LogP contribution is -2.44. The van der Waals surface area contributed by atoms with E-state index >= 15 is 0 Å². The first kappa shape index (κ1) is 15.8. The summed E-state index contributed by atoms with van der Waals surface area (Å²) in [6, 6.07) is 0. The molecule has 0 aliphatic carbocycles. The first-order chi connectivity index (χ1) is 7.27. The average Bonchev–Trinajstić information content (AvgIpc) is 2.23. The predicted octanol–water partition coefficient (Wildman–Crippen LogP) is 1.36. The van der Waals surface area contributed by atoms with Crippen LogP contribution in [0, 0.1) is 5.92 Å². The molecular weight excluding hydrogens is 244 g/mol. The van der Waals surface area contributed by atoms with E-state index in [0.717, 1.165) is 6.42 Å². The van der Waals surface area contributed by atoms with Crippen molar-refractivity contribution in [1.29, 1.82) is 0 Å². The SMILES string of the molecule is CCC(C)CN(CC)S(=O)(=O)C(C)C(N)=S. The molecule has 0 heterocycles. The Morgan fingerprint density at radius 1 is 1.38 bits per heavy atom. The molecule has 2 N–H and O–H groups in total. The smallest absolute Gasteiger partial charge is 0.223 e. The zero-order chi connectivity index (χ0) is 12.9.